The van der Waals surface area contributed by atoms with E-state index in [1.54, 1.807) is 26.8 Å². The maximum absolute atomic E-state index is 13.2. The highest BCUT2D eigenvalue weighted by molar-refractivity contribution is 6.01. The van der Waals surface area contributed by atoms with Crippen molar-refractivity contribution in [3.8, 4) is 6.07 Å². The lowest BCUT2D eigenvalue weighted by atomic mass is 9.93. The van der Waals surface area contributed by atoms with Crippen molar-refractivity contribution >= 4 is 30.0 Å². The van der Waals surface area contributed by atoms with Gasteiger partial charge in [0.2, 0.25) is 0 Å². The molecule has 192 valence electrons. The first-order valence-corrected chi connectivity index (χ1v) is 11.2. The fraction of sp³-hybridized carbons (Fsp3) is 0.652. The third kappa shape index (κ3) is 7.98. The van der Waals surface area contributed by atoms with Gasteiger partial charge in [-0.15, -0.1) is 0 Å². The topological polar surface area (TPSA) is 147 Å². The molecule has 0 aliphatic carbocycles. The van der Waals surface area contributed by atoms with Crippen LogP contribution in [0.2, 0.25) is 0 Å². The molecule has 2 saturated heterocycles. The molecule has 0 unspecified atom stereocenters. The number of hydrogen-bond acceptors (Lipinski definition) is 9. The summed E-state index contributed by atoms with van der Waals surface area (Å²) in [6.45, 7) is 10.5. The van der Waals surface area contributed by atoms with Gasteiger partial charge < -0.3 is 19.3 Å². The van der Waals surface area contributed by atoms with Crippen LogP contribution in [0.15, 0.2) is 11.6 Å². The van der Waals surface area contributed by atoms with Gasteiger partial charge in [-0.05, 0) is 26.2 Å². The molecule has 4 amide bonds. The third-order valence-corrected chi connectivity index (χ3v) is 4.89. The summed E-state index contributed by atoms with van der Waals surface area (Å²) in [7, 11) is 0. The number of rotatable bonds is 4. The van der Waals surface area contributed by atoms with Gasteiger partial charge in [0.25, 0.3) is 17.7 Å². The van der Waals surface area contributed by atoms with Crippen molar-refractivity contribution in [2.24, 2.45) is 5.41 Å². The summed E-state index contributed by atoms with van der Waals surface area (Å²) in [5.74, 6) is -1.90. The Kier molecular flexibility index (Phi) is 8.49. The minimum absolute atomic E-state index is 0.0380. The van der Waals surface area contributed by atoms with Crippen LogP contribution in [0, 0.1) is 16.7 Å². The van der Waals surface area contributed by atoms with Crippen molar-refractivity contribution in [1.29, 1.82) is 5.26 Å². The lowest BCUT2D eigenvalue weighted by Crippen LogP contribution is -2.59. The molecule has 2 aliphatic heterocycles. The van der Waals surface area contributed by atoms with Crippen LogP contribution in [-0.4, -0.2) is 82.7 Å². The number of ether oxygens (including phenoxy) is 2. The second-order valence-electron chi connectivity index (χ2n) is 10.3. The fourth-order valence-electron chi connectivity index (χ4n) is 3.41. The lowest BCUT2D eigenvalue weighted by Gasteiger charge is -2.41. The van der Waals surface area contributed by atoms with Crippen molar-refractivity contribution in [1.82, 2.24) is 14.9 Å². The lowest BCUT2D eigenvalue weighted by molar-refractivity contribution is -0.177. The molecule has 2 heterocycles. The van der Waals surface area contributed by atoms with E-state index in [0.29, 0.717) is 5.06 Å². The molecule has 0 aromatic rings. The average Bonchev–Trinajstić information content (AvgIpc) is 3.05. The van der Waals surface area contributed by atoms with E-state index in [1.165, 1.54) is 9.80 Å². The monoisotopic (exact) mass is 492 g/mol. The summed E-state index contributed by atoms with van der Waals surface area (Å²) in [6.07, 6.45) is -0.498. The zero-order valence-corrected chi connectivity index (χ0v) is 21.0. The molecule has 0 bridgehead atoms. The van der Waals surface area contributed by atoms with Gasteiger partial charge in [0, 0.05) is 32.5 Å². The molecule has 2 fully saturated rings. The van der Waals surface area contributed by atoms with Gasteiger partial charge in [0.05, 0.1) is 6.04 Å². The van der Waals surface area contributed by atoms with Crippen LogP contribution in [0.1, 0.15) is 54.4 Å². The molecule has 0 saturated carbocycles. The molecular formula is C23H32N4O8. The summed E-state index contributed by atoms with van der Waals surface area (Å²) in [6, 6.07) is 1.08. The highest BCUT2D eigenvalue weighted by atomic mass is 16.8. The number of carbonyl (C=O) groups excluding carboxylic acids is 5. The van der Waals surface area contributed by atoms with Gasteiger partial charge in [0.15, 0.2) is 0 Å². The van der Waals surface area contributed by atoms with E-state index in [4.69, 9.17) is 14.3 Å². The Balaban J connectivity index is 2.18. The molecule has 0 N–H and O–H groups in total. The van der Waals surface area contributed by atoms with E-state index in [9.17, 15) is 29.2 Å². The molecule has 35 heavy (non-hydrogen) atoms. The fourth-order valence-corrected chi connectivity index (χ4v) is 3.41. The zero-order valence-electron chi connectivity index (χ0n) is 21.0. The molecule has 0 aromatic heterocycles. The van der Waals surface area contributed by atoms with Crippen LogP contribution in [0.25, 0.3) is 0 Å². The smallest absolute Gasteiger partial charge is 0.444 e. The van der Waals surface area contributed by atoms with E-state index < -0.39 is 53.6 Å². The largest absolute Gasteiger partial charge is 0.534 e. The van der Waals surface area contributed by atoms with Crippen LogP contribution in [0.3, 0.4) is 0 Å². The van der Waals surface area contributed by atoms with Gasteiger partial charge in [-0.2, -0.15) is 5.26 Å². The number of nitriles is 1. The van der Waals surface area contributed by atoms with Crippen LogP contribution >= 0.6 is 0 Å². The number of imide groups is 1. The molecule has 0 spiro atoms. The maximum atomic E-state index is 13.2. The van der Waals surface area contributed by atoms with Crippen LogP contribution < -0.4 is 0 Å². The Morgan fingerprint density at radius 1 is 1.06 bits per heavy atom. The number of nitrogens with zero attached hydrogens (tertiary/aromatic N) is 4. The molecular weight excluding hydrogens is 460 g/mol. The quantitative estimate of drug-likeness (QED) is 0.249. The number of hydroxylamine groups is 2. The first-order chi connectivity index (χ1) is 16.1. The summed E-state index contributed by atoms with van der Waals surface area (Å²) >= 11 is 0. The van der Waals surface area contributed by atoms with Crippen LogP contribution in [-0.2, 0) is 28.7 Å². The van der Waals surface area contributed by atoms with Gasteiger partial charge in [-0.3, -0.25) is 19.2 Å². The Morgan fingerprint density at radius 3 is 2.17 bits per heavy atom. The molecule has 0 aromatic carbocycles. The van der Waals surface area contributed by atoms with Gasteiger partial charge >= 0.3 is 12.2 Å². The normalized spacial score (nSPS) is 19.4. The minimum atomic E-state index is -1.30. The zero-order chi connectivity index (χ0) is 26.6. The van der Waals surface area contributed by atoms with Crippen LogP contribution in [0.5, 0.6) is 0 Å². The Morgan fingerprint density at radius 2 is 1.66 bits per heavy atom. The molecule has 12 nitrogen and oxygen atoms in total. The second kappa shape index (κ2) is 10.8. The van der Waals surface area contributed by atoms with E-state index in [0.717, 1.165) is 0 Å². The van der Waals surface area contributed by atoms with Crippen molar-refractivity contribution in [2.75, 3.05) is 26.2 Å². The Labute approximate surface area is 204 Å². The van der Waals surface area contributed by atoms with Gasteiger partial charge in [-0.1, -0.05) is 31.9 Å². The van der Waals surface area contributed by atoms with Crippen molar-refractivity contribution < 1.29 is 38.3 Å². The third-order valence-electron chi connectivity index (χ3n) is 4.89. The molecule has 1 atom stereocenters. The summed E-state index contributed by atoms with van der Waals surface area (Å²) < 4.78 is 10.5. The Bertz CT molecular complexity index is 938. The predicted molar refractivity (Wildman–Crippen MR) is 120 cm³/mol. The highest BCUT2D eigenvalue weighted by Gasteiger charge is 2.38. The van der Waals surface area contributed by atoms with Crippen molar-refractivity contribution in [3.05, 3.63) is 11.6 Å². The van der Waals surface area contributed by atoms with E-state index in [2.05, 4.69) is 0 Å². The minimum Gasteiger partial charge on any atom is -0.444 e. The van der Waals surface area contributed by atoms with E-state index >= 15 is 0 Å². The average molecular weight is 493 g/mol. The van der Waals surface area contributed by atoms with Crippen molar-refractivity contribution in [3.63, 3.8) is 0 Å². The maximum Gasteiger partial charge on any atom is 0.534 e. The van der Waals surface area contributed by atoms with Crippen LogP contribution in [0.4, 0.5) is 9.59 Å². The number of amides is 4. The molecule has 2 aliphatic rings. The summed E-state index contributed by atoms with van der Waals surface area (Å²) in [4.78, 5) is 68.6. The molecule has 0 radical (unpaired) electrons. The number of piperazine rings is 1. The van der Waals surface area contributed by atoms with Crippen molar-refractivity contribution in [2.45, 2.75) is 66.0 Å². The molecule has 12 heteroatoms. The highest BCUT2D eigenvalue weighted by Crippen LogP contribution is 2.22. The first-order valence-electron chi connectivity index (χ1n) is 11.2. The van der Waals surface area contributed by atoms with E-state index in [1.807, 2.05) is 26.8 Å². The van der Waals surface area contributed by atoms with E-state index in [-0.39, 0.29) is 38.0 Å². The Hall–Kier alpha value is -3.62. The standard InChI is InChI=1S/C23H32N4O8/c1-22(2,3)11-15(12-24)19(30)26-10-9-25(20(31)34-23(4,5)6)13-16(26)14-33-21(32)35-27-17(28)7-8-18(27)29/h11,16H,7-10,13-14H2,1-6H3/b15-11+/t16-/m1/s1. The summed E-state index contributed by atoms with van der Waals surface area (Å²) in [5.41, 5.74) is -1.26. The molecule has 2 rings (SSSR count). The summed E-state index contributed by atoms with van der Waals surface area (Å²) in [5, 5.41) is 9.89. The second-order valence-corrected chi connectivity index (χ2v) is 10.3. The number of hydrogen-bond donors (Lipinski definition) is 0. The number of carbonyl (C=O) groups is 5. The number of allylic oxidation sites excluding steroid dienone is 1. The SMILES string of the molecule is CC(C)(C)/C=C(\C#N)C(=O)N1CCN(C(=O)OC(C)(C)C)C[C@@H]1COC(=O)ON1C(=O)CCC1=O. The van der Waals surface area contributed by atoms with Gasteiger partial charge in [0.1, 0.15) is 23.9 Å². The first kappa shape index (κ1) is 27.6. The van der Waals surface area contributed by atoms with Gasteiger partial charge in [-0.25, -0.2) is 9.59 Å². The predicted octanol–water partition coefficient (Wildman–Crippen LogP) is 2.15.